The van der Waals surface area contributed by atoms with Gasteiger partial charge in [0, 0.05) is 13.1 Å². The van der Waals surface area contributed by atoms with Gasteiger partial charge >= 0.3 is 0 Å². The Morgan fingerprint density at radius 1 is 1.08 bits per heavy atom. The number of hydrogen-bond donors (Lipinski definition) is 1. The van der Waals surface area contributed by atoms with E-state index in [0.717, 1.165) is 11.3 Å². The van der Waals surface area contributed by atoms with Crippen LogP contribution in [0.1, 0.15) is 19.4 Å². The Kier molecular flexibility index (Phi) is 6.16. The minimum atomic E-state index is -3.82. The highest BCUT2D eigenvalue weighted by molar-refractivity contribution is 7.94. The Balaban J connectivity index is 2.43. The molecule has 2 rings (SSSR count). The van der Waals surface area contributed by atoms with Crippen LogP contribution in [-0.2, 0) is 20.0 Å². The van der Waals surface area contributed by atoms with Gasteiger partial charge in [-0.2, -0.15) is 4.31 Å². The molecule has 0 fully saturated rings. The molecule has 0 spiro atoms. The molecule has 0 aliphatic heterocycles. The SMILES string of the molecule is CCN(CC)S(=O)(=O)c1cc(NS(=O)(=O)c2ccc(Cl)s2)ccc1C. The summed E-state index contributed by atoms with van der Waals surface area (Å²) < 4.78 is 54.4. The van der Waals surface area contributed by atoms with Crippen LogP contribution in [0.25, 0.3) is 0 Å². The first-order valence-electron chi connectivity index (χ1n) is 7.50. The van der Waals surface area contributed by atoms with Crippen molar-refractivity contribution in [2.75, 3.05) is 17.8 Å². The summed E-state index contributed by atoms with van der Waals surface area (Å²) in [6, 6.07) is 7.35. The zero-order valence-corrected chi connectivity index (χ0v) is 17.2. The highest BCUT2D eigenvalue weighted by Crippen LogP contribution is 2.29. The highest BCUT2D eigenvalue weighted by Gasteiger charge is 2.25. The quantitative estimate of drug-likeness (QED) is 0.739. The van der Waals surface area contributed by atoms with Crippen molar-refractivity contribution in [3.05, 3.63) is 40.2 Å². The van der Waals surface area contributed by atoms with Crippen LogP contribution in [0.4, 0.5) is 5.69 Å². The summed E-state index contributed by atoms with van der Waals surface area (Å²) in [6.45, 7) is 5.85. The first-order valence-corrected chi connectivity index (χ1v) is 11.6. The van der Waals surface area contributed by atoms with Crippen LogP contribution in [0.3, 0.4) is 0 Å². The summed E-state index contributed by atoms with van der Waals surface area (Å²) in [6.07, 6.45) is 0. The molecular weight excluding hydrogens is 404 g/mol. The molecule has 0 unspecified atom stereocenters. The summed E-state index contributed by atoms with van der Waals surface area (Å²) >= 11 is 6.71. The molecule has 1 N–H and O–H groups in total. The van der Waals surface area contributed by atoms with Crippen molar-refractivity contribution in [3.8, 4) is 0 Å². The molecule has 1 aromatic carbocycles. The van der Waals surface area contributed by atoms with Gasteiger partial charge in [0.25, 0.3) is 10.0 Å². The number of sulfonamides is 2. The van der Waals surface area contributed by atoms with E-state index in [9.17, 15) is 16.8 Å². The van der Waals surface area contributed by atoms with E-state index in [-0.39, 0.29) is 14.8 Å². The molecule has 0 saturated heterocycles. The lowest BCUT2D eigenvalue weighted by Crippen LogP contribution is -2.31. The molecule has 1 aromatic heterocycles. The minimum absolute atomic E-state index is 0.0613. The summed E-state index contributed by atoms with van der Waals surface area (Å²) in [4.78, 5) is 0.0839. The lowest BCUT2D eigenvalue weighted by Gasteiger charge is -2.20. The van der Waals surface area contributed by atoms with Gasteiger partial charge in [0.1, 0.15) is 4.21 Å². The molecule has 0 bridgehead atoms. The predicted octanol–water partition coefficient (Wildman–Crippen LogP) is 3.54. The van der Waals surface area contributed by atoms with Crippen LogP contribution in [0.2, 0.25) is 4.34 Å². The Morgan fingerprint density at radius 2 is 1.72 bits per heavy atom. The monoisotopic (exact) mass is 422 g/mol. The van der Waals surface area contributed by atoms with Crippen LogP contribution in [0.15, 0.2) is 39.4 Å². The average molecular weight is 423 g/mol. The van der Waals surface area contributed by atoms with Gasteiger partial charge < -0.3 is 0 Å². The maximum Gasteiger partial charge on any atom is 0.271 e. The summed E-state index contributed by atoms with van der Waals surface area (Å²) in [5.74, 6) is 0. The van der Waals surface area contributed by atoms with Gasteiger partial charge in [-0.1, -0.05) is 31.5 Å². The molecule has 0 atom stereocenters. The number of hydrogen-bond acceptors (Lipinski definition) is 5. The largest absolute Gasteiger partial charge is 0.279 e. The van der Waals surface area contributed by atoms with Crippen LogP contribution < -0.4 is 4.72 Å². The van der Waals surface area contributed by atoms with Gasteiger partial charge in [0.15, 0.2) is 0 Å². The lowest BCUT2D eigenvalue weighted by molar-refractivity contribution is 0.445. The summed E-state index contributed by atoms with van der Waals surface area (Å²) in [5, 5.41) is 0. The first-order chi connectivity index (χ1) is 11.6. The molecular formula is C15H19ClN2O4S3. The molecule has 0 radical (unpaired) electrons. The van der Waals surface area contributed by atoms with Crippen molar-refractivity contribution >= 4 is 48.7 Å². The predicted molar refractivity (Wildman–Crippen MR) is 101 cm³/mol. The molecule has 138 valence electrons. The van der Waals surface area contributed by atoms with E-state index in [1.165, 1.54) is 28.6 Å². The second-order valence-corrected chi connectivity index (χ2v) is 10.8. The van der Waals surface area contributed by atoms with Crippen molar-refractivity contribution in [2.24, 2.45) is 0 Å². The fourth-order valence-electron chi connectivity index (χ4n) is 2.29. The van der Waals surface area contributed by atoms with Crippen molar-refractivity contribution < 1.29 is 16.8 Å². The van der Waals surface area contributed by atoms with E-state index in [2.05, 4.69) is 4.72 Å². The normalized spacial score (nSPS) is 12.5. The van der Waals surface area contributed by atoms with Gasteiger partial charge in [-0.25, -0.2) is 16.8 Å². The standard InChI is InChI=1S/C15H19ClN2O4S3/c1-4-18(5-2)25(21,22)13-10-12(7-6-11(13)3)17-24(19,20)15-9-8-14(16)23-15/h6-10,17H,4-5H2,1-3H3. The third kappa shape index (κ3) is 4.35. The van der Waals surface area contributed by atoms with Crippen molar-refractivity contribution in [1.29, 1.82) is 0 Å². The second kappa shape index (κ2) is 7.63. The topological polar surface area (TPSA) is 83.6 Å². The van der Waals surface area contributed by atoms with E-state index in [0.29, 0.717) is 23.0 Å². The van der Waals surface area contributed by atoms with E-state index >= 15 is 0 Å². The van der Waals surface area contributed by atoms with Gasteiger partial charge in [-0.05, 0) is 36.8 Å². The first kappa shape index (κ1) is 20.2. The molecule has 0 saturated carbocycles. The zero-order chi connectivity index (χ0) is 18.8. The number of nitrogens with one attached hydrogen (secondary N) is 1. The fraction of sp³-hybridized carbons (Fsp3) is 0.333. The Hall–Kier alpha value is -1.13. The molecule has 0 aliphatic rings. The van der Waals surface area contributed by atoms with E-state index in [1.54, 1.807) is 26.8 Å². The fourth-order valence-corrected chi connectivity index (χ4v) is 6.53. The smallest absolute Gasteiger partial charge is 0.271 e. The summed E-state index contributed by atoms with van der Waals surface area (Å²) in [5.41, 5.74) is 0.731. The molecule has 2 aromatic rings. The number of thiophene rings is 1. The summed E-state index contributed by atoms with van der Waals surface area (Å²) in [7, 11) is -7.51. The molecule has 0 aliphatic carbocycles. The number of anilines is 1. The average Bonchev–Trinajstić information content (AvgIpc) is 2.97. The number of rotatable bonds is 7. The molecule has 25 heavy (non-hydrogen) atoms. The van der Waals surface area contributed by atoms with Crippen LogP contribution >= 0.6 is 22.9 Å². The van der Waals surface area contributed by atoms with E-state index in [4.69, 9.17) is 11.6 Å². The highest BCUT2D eigenvalue weighted by atomic mass is 35.5. The van der Waals surface area contributed by atoms with Crippen LogP contribution in [0, 0.1) is 6.92 Å². The Labute approximate surface area is 157 Å². The van der Waals surface area contributed by atoms with E-state index < -0.39 is 20.0 Å². The third-order valence-electron chi connectivity index (χ3n) is 3.58. The number of benzene rings is 1. The van der Waals surface area contributed by atoms with Crippen LogP contribution in [0.5, 0.6) is 0 Å². The Morgan fingerprint density at radius 3 is 2.24 bits per heavy atom. The third-order valence-corrected chi connectivity index (χ3v) is 8.87. The molecule has 10 heteroatoms. The van der Waals surface area contributed by atoms with Gasteiger partial charge in [0.05, 0.1) is 14.9 Å². The zero-order valence-electron chi connectivity index (χ0n) is 14.0. The number of halogens is 1. The van der Waals surface area contributed by atoms with Gasteiger partial charge in [-0.15, -0.1) is 11.3 Å². The number of aryl methyl sites for hydroxylation is 1. The van der Waals surface area contributed by atoms with E-state index in [1.807, 2.05) is 0 Å². The molecule has 0 amide bonds. The van der Waals surface area contributed by atoms with Crippen molar-refractivity contribution in [1.82, 2.24) is 4.31 Å². The minimum Gasteiger partial charge on any atom is -0.279 e. The maximum atomic E-state index is 12.7. The van der Waals surface area contributed by atoms with Gasteiger partial charge in [0.2, 0.25) is 10.0 Å². The Bertz CT molecular complexity index is 964. The van der Waals surface area contributed by atoms with Crippen molar-refractivity contribution in [3.63, 3.8) is 0 Å². The van der Waals surface area contributed by atoms with Crippen LogP contribution in [-0.4, -0.2) is 34.2 Å². The second-order valence-electron chi connectivity index (χ2n) is 5.23. The molecule has 1 heterocycles. The van der Waals surface area contributed by atoms with Crippen molar-refractivity contribution in [2.45, 2.75) is 29.9 Å². The molecule has 6 nitrogen and oxygen atoms in total. The maximum absolute atomic E-state index is 12.7. The lowest BCUT2D eigenvalue weighted by atomic mass is 10.2. The number of nitrogens with zero attached hydrogens (tertiary/aromatic N) is 1. The van der Waals surface area contributed by atoms with Gasteiger partial charge in [-0.3, -0.25) is 4.72 Å².